The summed E-state index contributed by atoms with van der Waals surface area (Å²) in [6.07, 6.45) is 1.44. The second-order valence-corrected chi connectivity index (χ2v) is 1.90. The first kappa shape index (κ1) is 5.88. The maximum Gasteiger partial charge on any atom is 0.0574 e. The lowest BCUT2D eigenvalue weighted by Crippen LogP contribution is -2.05. The molecule has 1 aromatic rings. The molecule has 2 N–H and O–H groups in total. The molecule has 0 bridgehead atoms. The van der Waals surface area contributed by atoms with Gasteiger partial charge in [-0.3, -0.25) is 0 Å². The van der Waals surface area contributed by atoms with Crippen molar-refractivity contribution in [1.29, 1.82) is 5.41 Å². The summed E-state index contributed by atoms with van der Waals surface area (Å²) in [7, 11) is 0. The Kier molecular flexibility index (Phi) is 1.26. The third-order valence-electron chi connectivity index (χ3n) is 1.12. The Labute approximate surface area is 52.7 Å². The fraction of sp³-hybridized carbons (Fsp3) is 0.167. The summed E-state index contributed by atoms with van der Waals surface area (Å²) in [6, 6.07) is 3.10. The van der Waals surface area contributed by atoms with Crippen molar-refractivity contribution in [2.75, 3.05) is 0 Å². The number of hydrogen-bond donors (Lipinski definition) is 2. The van der Waals surface area contributed by atoms with Gasteiger partial charge in [-0.2, -0.15) is 4.73 Å². The van der Waals surface area contributed by atoms with Gasteiger partial charge >= 0.3 is 0 Å². The normalized spacial score (nSPS) is 9.44. The Morgan fingerprint density at radius 1 is 1.67 bits per heavy atom. The molecule has 0 aromatic carbocycles. The van der Waals surface area contributed by atoms with E-state index in [9.17, 15) is 0 Å². The highest BCUT2D eigenvalue weighted by Gasteiger charge is 1.86. The van der Waals surface area contributed by atoms with Crippen LogP contribution in [0.1, 0.15) is 5.69 Å². The van der Waals surface area contributed by atoms with E-state index in [1.54, 1.807) is 13.0 Å². The Balaban J connectivity index is 3.34. The number of nitrogens with one attached hydrogen (secondary N) is 1. The molecule has 0 aliphatic rings. The van der Waals surface area contributed by atoms with Crippen LogP contribution in [-0.4, -0.2) is 9.94 Å². The van der Waals surface area contributed by atoms with Crippen LogP contribution < -0.4 is 5.36 Å². The van der Waals surface area contributed by atoms with E-state index in [0.717, 1.165) is 4.73 Å². The van der Waals surface area contributed by atoms with E-state index in [1.165, 1.54) is 12.3 Å². The topological polar surface area (TPSA) is 49.0 Å². The molecule has 1 heterocycles. The fourth-order valence-electron chi connectivity index (χ4n) is 0.608. The zero-order valence-electron chi connectivity index (χ0n) is 5.13. The van der Waals surface area contributed by atoms with Gasteiger partial charge in [0.2, 0.25) is 0 Å². The molecular weight excluding hydrogens is 116 g/mol. The summed E-state index contributed by atoms with van der Waals surface area (Å²) in [5.41, 5.74) is 0.669. The van der Waals surface area contributed by atoms with Gasteiger partial charge in [-0.05, 0) is 19.1 Å². The molecule has 0 saturated carbocycles. The van der Waals surface area contributed by atoms with Crippen molar-refractivity contribution < 1.29 is 5.21 Å². The van der Waals surface area contributed by atoms with E-state index < -0.39 is 0 Å². The van der Waals surface area contributed by atoms with Crippen LogP contribution in [0.2, 0.25) is 0 Å². The summed E-state index contributed by atoms with van der Waals surface area (Å²) in [4.78, 5) is 0. The van der Waals surface area contributed by atoms with Crippen molar-refractivity contribution in [3.63, 3.8) is 0 Å². The second-order valence-electron chi connectivity index (χ2n) is 1.90. The quantitative estimate of drug-likeness (QED) is 0.486. The zero-order valence-corrected chi connectivity index (χ0v) is 5.13. The molecule has 0 aliphatic heterocycles. The van der Waals surface area contributed by atoms with E-state index in [1.807, 2.05) is 0 Å². The number of aromatic nitrogens is 1. The molecule has 3 heteroatoms. The van der Waals surface area contributed by atoms with Crippen molar-refractivity contribution in [3.05, 3.63) is 29.4 Å². The first-order valence-corrected chi connectivity index (χ1v) is 2.63. The molecule has 0 radical (unpaired) electrons. The third-order valence-corrected chi connectivity index (χ3v) is 1.12. The van der Waals surface area contributed by atoms with E-state index >= 15 is 0 Å². The van der Waals surface area contributed by atoms with Gasteiger partial charge in [-0.25, -0.2) is 0 Å². The van der Waals surface area contributed by atoms with E-state index in [2.05, 4.69) is 0 Å². The number of aryl methyl sites for hydroxylation is 1. The largest absolute Gasteiger partial charge is 0.429 e. The van der Waals surface area contributed by atoms with Crippen molar-refractivity contribution in [3.8, 4) is 0 Å². The van der Waals surface area contributed by atoms with Crippen molar-refractivity contribution in [2.45, 2.75) is 6.92 Å². The summed E-state index contributed by atoms with van der Waals surface area (Å²) < 4.78 is 0.984. The van der Waals surface area contributed by atoms with Crippen LogP contribution in [0, 0.1) is 12.3 Å². The predicted molar refractivity (Wildman–Crippen MR) is 32.2 cm³/mol. The maximum absolute atomic E-state index is 8.88. The van der Waals surface area contributed by atoms with Gasteiger partial charge in [0.1, 0.15) is 0 Å². The first-order valence-electron chi connectivity index (χ1n) is 2.63. The SMILES string of the molecule is Cc1cc(=N)ccn1O. The van der Waals surface area contributed by atoms with Crippen LogP contribution in [-0.2, 0) is 0 Å². The van der Waals surface area contributed by atoms with Crippen molar-refractivity contribution >= 4 is 0 Å². The number of hydrogen-bond acceptors (Lipinski definition) is 2. The molecule has 48 valence electrons. The van der Waals surface area contributed by atoms with E-state index in [-0.39, 0.29) is 0 Å². The first-order chi connectivity index (χ1) is 4.20. The molecular formula is C6H8N2O. The lowest BCUT2D eigenvalue weighted by atomic mass is 10.4. The van der Waals surface area contributed by atoms with Crippen LogP contribution >= 0.6 is 0 Å². The molecule has 0 unspecified atom stereocenters. The lowest BCUT2D eigenvalue weighted by molar-refractivity contribution is 0.177. The highest BCUT2D eigenvalue weighted by atomic mass is 16.5. The Hall–Kier alpha value is -1.25. The van der Waals surface area contributed by atoms with Gasteiger partial charge < -0.3 is 10.6 Å². The number of nitrogens with zero attached hydrogens (tertiary/aromatic N) is 1. The number of rotatable bonds is 0. The van der Waals surface area contributed by atoms with Gasteiger partial charge in [0.05, 0.1) is 11.1 Å². The summed E-state index contributed by atoms with van der Waals surface area (Å²) in [6.45, 7) is 1.73. The van der Waals surface area contributed by atoms with E-state index in [0.29, 0.717) is 11.1 Å². The monoisotopic (exact) mass is 124 g/mol. The van der Waals surface area contributed by atoms with Crippen LogP contribution in [0.5, 0.6) is 0 Å². The molecule has 9 heavy (non-hydrogen) atoms. The second kappa shape index (κ2) is 1.93. The van der Waals surface area contributed by atoms with Gasteiger partial charge in [0, 0.05) is 6.20 Å². The highest BCUT2D eigenvalue weighted by Crippen LogP contribution is 1.86. The average molecular weight is 124 g/mol. The molecule has 3 nitrogen and oxygen atoms in total. The molecule has 0 spiro atoms. The van der Waals surface area contributed by atoms with Gasteiger partial charge in [0.25, 0.3) is 0 Å². The summed E-state index contributed by atoms with van der Waals surface area (Å²) in [5, 5.41) is 16.4. The molecule has 0 saturated heterocycles. The fourth-order valence-corrected chi connectivity index (χ4v) is 0.608. The van der Waals surface area contributed by atoms with E-state index in [4.69, 9.17) is 10.6 Å². The van der Waals surface area contributed by atoms with Crippen LogP contribution in [0.25, 0.3) is 0 Å². The third kappa shape index (κ3) is 1.10. The van der Waals surface area contributed by atoms with Crippen molar-refractivity contribution in [2.24, 2.45) is 0 Å². The summed E-state index contributed by atoms with van der Waals surface area (Å²) in [5.74, 6) is 0. The highest BCUT2D eigenvalue weighted by molar-refractivity contribution is 5.00. The van der Waals surface area contributed by atoms with Gasteiger partial charge in [0.15, 0.2) is 0 Å². The standard InChI is InChI=1S/C6H8N2O/c1-5-4-6(7)2-3-8(5)9/h2-4,7,9H,1H3. The minimum absolute atomic E-state index is 0.415. The van der Waals surface area contributed by atoms with Crippen LogP contribution in [0.3, 0.4) is 0 Å². The zero-order chi connectivity index (χ0) is 6.85. The van der Waals surface area contributed by atoms with Gasteiger partial charge in [-0.15, -0.1) is 0 Å². The Morgan fingerprint density at radius 3 is 2.78 bits per heavy atom. The van der Waals surface area contributed by atoms with Gasteiger partial charge in [-0.1, -0.05) is 0 Å². The van der Waals surface area contributed by atoms with Crippen LogP contribution in [0.15, 0.2) is 18.3 Å². The molecule has 1 aromatic heterocycles. The maximum atomic E-state index is 8.88. The molecule has 0 amide bonds. The molecule has 0 aliphatic carbocycles. The minimum atomic E-state index is 0.415. The Morgan fingerprint density at radius 2 is 2.33 bits per heavy atom. The number of pyridine rings is 1. The smallest absolute Gasteiger partial charge is 0.0574 e. The molecule has 0 atom stereocenters. The van der Waals surface area contributed by atoms with Crippen molar-refractivity contribution in [1.82, 2.24) is 4.73 Å². The Bertz CT molecular complexity index is 264. The minimum Gasteiger partial charge on any atom is -0.429 e. The average Bonchev–Trinajstić information content (AvgIpc) is 1.80. The molecule has 0 fully saturated rings. The van der Waals surface area contributed by atoms with Crippen LogP contribution in [0.4, 0.5) is 0 Å². The summed E-state index contributed by atoms with van der Waals surface area (Å²) >= 11 is 0. The predicted octanol–water partition coefficient (Wildman–Crippen LogP) is 0.513. The lowest BCUT2D eigenvalue weighted by Gasteiger charge is -1.98. The molecule has 1 rings (SSSR count).